The zero-order valence-electron chi connectivity index (χ0n) is 13.4. The van der Waals surface area contributed by atoms with Crippen LogP contribution in [-0.4, -0.2) is 19.6 Å². The number of carbonyl (C=O) groups is 1. The van der Waals surface area contributed by atoms with Crippen molar-refractivity contribution in [2.75, 3.05) is 7.11 Å². The number of para-hydroxylation sites is 1. The molecule has 1 amide bonds. The molecule has 4 nitrogen and oxygen atoms in total. The van der Waals surface area contributed by atoms with E-state index in [2.05, 4.69) is 10.1 Å². The lowest BCUT2D eigenvalue weighted by atomic mass is 10.1. The van der Waals surface area contributed by atoms with Crippen LogP contribution in [0.4, 0.5) is 17.6 Å². The van der Waals surface area contributed by atoms with Gasteiger partial charge in [-0.25, -0.2) is 8.78 Å². The number of amides is 1. The Kier molecular flexibility index (Phi) is 5.84. The molecule has 0 bridgehead atoms. The second-order valence-corrected chi connectivity index (χ2v) is 5.08. The molecule has 134 valence electrons. The number of ether oxygens (including phenoxy) is 2. The molecule has 2 aromatic rings. The standard InChI is InChI=1S/C17H15F4NO3/c1-9(11-7-6-10(18)8-13(11)19)22-16(23)12-4-3-5-14(24-2)15(12)25-17(20)21/h3-9,17H,1-2H3,(H,22,23). The number of benzene rings is 2. The van der Waals surface area contributed by atoms with E-state index in [1.165, 1.54) is 38.3 Å². The third-order valence-electron chi connectivity index (χ3n) is 3.43. The van der Waals surface area contributed by atoms with Gasteiger partial charge in [-0.2, -0.15) is 8.78 Å². The second kappa shape index (κ2) is 7.87. The van der Waals surface area contributed by atoms with Crippen molar-refractivity contribution in [2.24, 2.45) is 0 Å². The van der Waals surface area contributed by atoms with Crippen LogP contribution in [-0.2, 0) is 0 Å². The Balaban J connectivity index is 2.28. The second-order valence-electron chi connectivity index (χ2n) is 5.08. The Labute approximate surface area is 141 Å². The van der Waals surface area contributed by atoms with Gasteiger partial charge >= 0.3 is 6.61 Å². The van der Waals surface area contributed by atoms with Crippen LogP contribution in [0.2, 0.25) is 0 Å². The van der Waals surface area contributed by atoms with E-state index in [9.17, 15) is 22.4 Å². The Morgan fingerprint density at radius 3 is 2.48 bits per heavy atom. The smallest absolute Gasteiger partial charge is 0.387 e. The monoisotopic (exact) mass is 357 g/mol. The lowest BCUT2D eigenvalue weighted by Gasteiger charge is -2.18. The number of rotatable bonds is 6. The first-order chi connectivity index (χ1) is 11.8. The molecule has 0 aliphatic rings. The molecule has 1 unspecified atom stereocenters. The van der Waals surface area contributed by atoms with E-state index in [1.807, 2.05) is 0 Å². The van der Waals surface area contributed by atoms with Crippen LogP contribution < -0.4 is 14.8 Å². The summed E-state index contributed by atoms with van der Waals surface area (Å²) in [6.45, 7) is -1.68. The fourth-order valence-corrected chi connectivity index (χ4v) is 2.27. The molecule has 0 heterocycles. The minimum absolute atomic E-state index is 0.0476. The molecule has 25 heavy (non-hydrogen) atoms. The highest BCUT2D eigenvalue weighted by Gasteiger charge is 2.22. The first-order valence-corrected chi connectivity index (χ1v) is 7.21. The molecule has 2 rings (SSSR count). The van der Waals surface area contributed by atoms with Crippen LogP contribution in [0.3, 0.4) is 0 Å². The maximum Gasteiger partial charge on any atom is 0.387 e. The summed E-state index contributed by atoms with van der Waals surface area (Å²) in [5, 5.41) is 2.46. The van der Waals surface area contributed by atoms with Crippen molar-refractivity contribution in [2.45, 2.75) is 19.6 Å². The molecule has 1 atom stereocenters. The van der Waals surface area contributed by atoms with Crippen LogP contribution in [0.15, 0.2) is 36.4 Å². The van der Waals surface area contributed by atoms with Crippen molar-refractivity contribution in [1.82, 2.24) is 5.32 Å². The lowest BCUT2D eigenvalue weighted by Crippen LogP contribution is -2.28. The molecule has 0 spiro atoms. The molecule has 0 aliphatic carbocycles. The number of hydrogen-bond acceptors (Lipinski definition) is 3. The van der Waals surface area contributed by atoms with E-state index < -0.39 is 35.9 Å². The van der Waals surface area contributed by atoms with E-state index in [0.717, 1.165) is 6.07 Å². The number of alkyl halides is 2. The molecule has 0 fully saturated rings. The van der Waals surface area contributed by atoms with Gasteiger partial charge in [0, 0.05) is 11.6 Å². The first kappa shape index (κ1) is 18.6. The molecule has 0 saturated carbocycles. The van der Waals surface area contributed by atoms with E-state index in [0.29, 0.717) is 6.07 Å². The quantitative estimate of drug-likeness (QED) is 0.793. The number of halogens is 4. The SMILES string of the molecule is COc1cccc(C(=O)NC(C)c2ccc(F)cc2F)c1OC(F)F. The summed E-state index contributed by atoms with van der Waals surface area (Å²) in [7, 11) is 1.24. The predicted molar refractivity (Wildman–Crippen MR) is 81.9 cm³/mol. The van der Waals surface area contributed by atoms with Crippen LogP contribution in [0.1, 0.15) is 28.9 Å². The molecule has 1 N–H and O–H groups in total. The molecular formula is C17H15F4NO3. The maximum absolute atomic E-state index is 13.8. The minimum Gasteiger partial charge on any atom is -0.493 e. The van der Waals surface area contributed by atoms with E-state index in [1.54, 1.807) is 0 Å². The van der Waals surface area contributed by atoms with Gasteiger partial charge < -0.3 is 14.8 Å². The van der Waals surface area contributed by atoms with Crippen LogP contribution in [0.25, 0.3) is 0 Å². The van der Waals surface area contributed by atoms with Gasteiger partial charge in [0.1, 0.15) is 11.6 Å². The summed E-state index contributed by atoms with van der Waals surface area (Å²) in [6, 6.07) is 6.15. The van der Waals surface area contributed by atoms with Crippen LogP contribution in [0, 0.1) is 11.6 Å². The lowest BCUT2D eigenvalue weighted by molar-refractivity contribution is -0.0515. The molecule has 0 radical (unpaired) electrons. The van der Waals surface area contributed by atoms with Crippen molar-refractivity contribution in [3.05, 3.63) is 59.2 Å². The molecule has 0 aromatic heterocycles. The fraction of sp³-hybridized carbons (Fsp3) is 0.235. The van der Waals surface area contributed by atoms with Crippen molar-refractivity contribution >= 4 is 5.91 Å². The minimum atomic E-state index is -3.16. The normalized spacial score (nSPS) is 12.0. The summed E-state index contributed by atoms with van der Waals surface area (Å²) in [5.74, 6) is -2.83. The predicted octanol–water partition coefficient (Wildman–Crippen LogP) is 4.07. The van der Waals surface area contributed by atoms with Crippen LogP contribution >= 0.6 is 0 Å². The number of nitrogens with one attached hydrogen (secondary N) is 1. The molecule has 8 heteroatoms. The highest BCUT2D eigenvalue weighted by Crippen LogP contribution is 2.33. The van der Waals surface area contributed by atoms with Crippen molar-refractivity contribution in [3.8, 4) is 11.5 Å². The Bertz CT molecular complexity index is 768. The molecular weight excluding hydrogens is 342 g/mol. The molecule has 2 aromatic carbocycles. The Morgan fingerprint density at radius 2 is 1.88 bits per heavy atom. The first-order valence-electron chi connectivity index (χ1n) is 7.21. The third-order valence-corrected chi connectivity index (χ3v) is 3.43. The van der Waals surface area contributed by atoms with Gasteiger partial charge in [0.25, 0.3) is 5.91 Å². The van der Waals surface area contributed by atoms with Gasteiger partial charge in [-0.1, -0.05) is 12.1 Å². The van der Waals surface area contributed by atoms with E-state index in [4.69, 9.17) is 4.74 Å². The number of methoxy groups -OCH3 is 1. The zero-order valence-corrected chi connectivity index (χ0v) is 13.4. The Hall–Kier alpha value is -2.77. The maximum atomic E-state index is 13.8. The van der Waals surface area contributed by atoms with E-state index in [-0.39, 0.29) is 16.9 Å². The van der Waals surface area contributed by atoms with Crippen molar-refractivity contribution in [1.29, 1.82) is 0 Å². The van der Waals surface area contributed by atoms with Gasteiger partial charge in [-0.05, 0) is 25.1 Å². The van der Waals surface area contributed by atoms with Gasteiger partial charge in [-0.15, -0.1) is 0 Å². The zero-order chi connectivity index (χ0) is 18.6. The average Bonchev–Trinajstić information content (AvgIpc) is 2.54. The van der Waals surface area contributed by atoms with Crippen molar-refractivity contribution < 1.29 is 31.8 Å². The third kappa shape index (κ3) is 4.40. The fourth-order valence-electron chi connectivity index (χ4n) is 2.27. The van der Waals surface area contributed by atoms with E-state index >= 15 is 0 Å². The highest BCUT2D eigenvalue weighted by atomic mass is 19.3. The summed E-state index contributed by atoms with van der Waals surface area (Å²) >= 11 is 0. The van der Waals surface area contributed by atoms with Gasteiger partial charge in [0.05, 0.1) is 18.7 Å². The Morgan fingerprint density at radius 1 is 1.16 bits per heavy atom. The van der Waals surface area contributed by atoms with Gasteiger partial charge in [0.15, 0.2) is 11.5 Å². The summed E-state index contributed by atoms with van der Waals surface area (Å²) in [4.78, 5) is 12.4. The van der Waals surface area contributed by atoms with Gasteiger partial charge in [0.2, 0.25) is 0 Å². The highest BCUT2D eigenvalue weighted by molar-refractivity contribution is 5.98. The largest absolute Gasteiger partial charge is 0.493 e. The summed E-state index contributed by atoms with van der Waals surface area (Å²) in [6.07, 6.45) is 0. The number of hydrogen-bond donors (Lipinski definition) is 1. The van der Waals surface area contributed by atoms with Crippen LogP contribution in [0.5, 0.6) is 11.5 Å². The summed E-state index contributed by atoms with van der Waals surface area (Å²) < 4.78 is 61.3. The summed E-state index contributed by atoms with van der Waals surface area (Å²) in [5.41, 5.74) is -0.150. The topological polar surface area (TPSA) is 47.6 Å². The average molecular weight is 357 g/mol. The molecule has 0 aliphatic heterocycles. The number of carbonyl (C=O) groups excluding carboxylic acids is 1. The van der Waals surface area contributed by atoms with Gasteiger partial charge in [-0.3, -0.25) is 4.79 Å². The van der Waals surface area contributed by atoms with Crippen molar-refractivity contribution in [3.63, 3.8) is 0 Å². The molecule has 0 saturated heterocycles.